The first-order valence-electron chi connectivity index (χ1n) is 7.32. The van der Waals surface area contributed by atoms with Crippen molar-refractivity contribution in [1.29, 1.82) is 0 Å². The van der Waals surface area contributed by atoms with Gasteiger partial charge >= 0.3 is 0 Å². The summed E-state index contributed by atoms with van der Waals surface area (Å²) in [6, 6.07) is 3.50. The first kappa shape index (κ1) is 14.7. The smallest absolute Gasteiger partial charge is 0.251 e. The van der Waals surface area contributed by atoms with E-state index in [2.05, 4.69) is 26.6 Å². The zero-order valence-corrected chi connectivity index (χ0v) is 13.4. The molecule has 0 saturated carbocycles. The van der Waals surface area contributed by atoms with Crippen molar-refractivity contribution in [1.82, 2.24) is 10.6 Å². The predicted octanol–water partition coefficient (Wildman–Crippen LogP) is 2.30. The van der Waals surface area contributed by atoms with Crippen LogP contribution in [0.15, 0.2) is 16.6 Å². The molecule has 1 aromatic carbocycles. The molecule has 0 bridgehead atoms. The van der Waals surface area contributed by atoms with Crippen LogP contribution in [0.1, 0.15) is 29.6 Å². The Morgan fingerprint density at radius 3 is 3.14 bits per heavy atom. The van der Waals surface area contributed by atoms with E-state index in [1.54, 1.807) is 12.1 Å². The molecule has 5 nitrogen and oxygen atoms in total. The van der Waals surface area contributed by atoms with Gasteiger partial charge in [-0.1, -0.05) is 0 Å². The van der Waals surface area contributed by atoms with Crippen LogP contribution in [0.3, 0.4) is 0 Å². The Balaban J connectivity index is 1.54. The molecular weight excluding hydrogens is 336 g/mol. The number of piperidine rings is 1. The summed E-state index contributed by atoms with van der Waals surface area (Å²) in [6.07, 6.45) is 3.50. The third kappa shape index (κ3) is 3.49. The minimum absolute atomic E-state index is 0.0715. The molecule has 21 heavy (non-hydrogen) atoms. The number of hydrogen-bond acceptors (Lipinski definition) is 4. The molecule has 0 spiro atoms. The minimum atomic E-state index is -0.0715. The SMILES string of the molecule is O=C(NCCC1CCCNC1)c1cc(Br)c2c(c1)OCO2. The van der Waals surface area contributed by atoms with Crippen LogP contribution >= 0.6 is 15.9 Å². The number of nitrogens with one attached hydrogen (secondary N) is 2. The highest BCUT2D eigenvalue weighted by atomic mass is 79.9. The first-order valence-corrected chi connectivity index (χ1v) is 8.11. The Morgan fingerprint density at radius 1 is 1.43 bits per heavy atom. The molecule has 2 aliphatic rings. The Labute approximate surface area is 132 Å². The van der Waals surface area contributed by atoms with Crippen LogP contribution in [0.2, 0.25) is 0 Å². The summed E-state index contributed by atoms with van der Waals surface area (Å²) in [5.41, 5.74) is 0.591. The third-order valence-electron chi connectivity index (χ3n) is 3.93. The van der Waals surface area contributed by atoms with E-state index in [-0.39, 0.29) is 12.7 Å². The van der Waals surface area contributed by atoms with Crippen molar-refractivity contribution < 1.29 is 14.3 Å². The van der Waals surface area contributed by atoms with E-state index in [9.17, 15) is 4.79 Å². The molecule has 2 N–H and O–H groups in total. The van der Waals surface area contributed by atoms with Gasteiger partial charge in [0.15, 0.2) is 11.5 Å². The maximum Gasteiger partial charge on any atom is 0.251 e. The summed E-state index contributed by atoms with van der Waals surface area (Å²) in [6.45, 7) is 3.09. The lowest BCUT2D eigenvalue weighted by Gasteiger charge is -2.22. The van der Waals surface area contributed by atoms with Crippen molar-refractivity contribution in [3.05, 3.63) is 22.2 Å². The zero-order chi connectivity index (χ0) is 14.7. The average molecular weight is 355 g/mol. The van der Waals surface area contributed by atoms with Crippen LogP contribution in [-0.2, 0) is 0 Å². The van der Waals surface area contributed by atoms with Crippen LogP contribution in [0, 0.1) is 5.92 Å². The highest BCUT2D eigenvalue weighted by Gasteiger charge is 2.20. The standard InChI is InChI=1S/C15H19BrN2O3/c16-12-6-11(7-13-14(12)21-9-20-13)15(19)18-5-3-10-2-1-4-17-8-10/h6-7,10,17H,1-5,8-9H2,(H,18,19). The van der Waals surface area contributed by atoms with Gasteiger partial charge in [-0.3, -0.25) is 4.79 Å². The number of carbonyl (C=O) groups is 1. The van der Waals surface area contributed by atoms with E-state index in [4.69, 9.17) is 9.47 Å². The van der Waals surface area contributed by atoms with Crippen molar-refractivity contribution in [3.63, 3.8) is 0 Å². The molecule has 0 aliphatic carbocycles. The molecule has 6 heteroatoms. The van der Waals surface area contributed by atoms with E-state index in [0.717, 1.165) is 24.0 Å². The van der Waals surface area contributed by atoms with Gasteiger partial charge in [0.25, 0.3) is 5.91 Å². The maximum absolute atomic E-state index is 12.2. The summed E-state index contributed by atoms with van der Waals surface area (Å²) in [4.78, 5) is 12.2. The highest BCUT2D eigenvalue weighted by Crippen LogP contribution is 2.39. The fourth-order valence-electron chi connectivity index (χ4n) is 2.76. The van der Waals surface area contributed by atoms with Crippen LogP contribution in [0.4, 0.5) is 0 Å². The van der Waals surface area contributed by atoms with E-state index >= 15 is 0 Å². The Morgan fingerprint density at radius 2 is 2.33 bits per heavy atom. The number of amides is 1. The van der Waals surface area contributed by atoms with Gasteiger partial charge in [0.2, 0.25) is 6.79 Å². The van der Waals surface area contributed by atoms with Crippen LogP contribution in [0.5, 0.6) is 11.5 Å². The lowest BCUT2D eigenvalue weighted by Crippen LogP contribution is -2.33. The summed E-state index contributed by atoms with van der Waals surface area (Å²) in [5, 5.41) is 6.37. The van der Waals surface area contributed by atoms with Gasteiger partial charge in [-0.2, -0.15) is 0 Å². The van der Waals surface area contributed by atoms with Crippen LogP contribution < -0.4 is 20.1 Å². The van der Waals surface area contributed by atoms with Crippen molar-refractivity contribution in [2.24, 2.45) is 5.92 Å². The molecule has 2 heterocycles. The van der Waals surface area contributed by atoms with Gasteiger partial charge in [0, 0.05) is 12.1 Å². The van der Waals surface area contributed by atoms with E-state index in [1.807, 2.05) is 0 Å². The Kier molecular flexibility index (Phi) is 4.65. The van der Waals surface area contributed by atoms with Crippen molar-refractivity contribution in [2.45, 2.75) is 19.3 Å². The lowest BCUT2D eigenvalue weighted by atomic mass is 9.96. The lowest BCUT2D eigenvalue weighted by molar-refractivity contribution is 0.0950. The number of carbonyl (C=O) groups excluding carboxylic acids is 1. The normalized spacial score (nSPS) is 20.3. The van der Waals surface area contributed by atoms with Crippen LogP contribution in [0.25, 0.3) is 0 Å². The molecule has 114 valence electrons. The van der Waals surface area contributed by atoms with E-state index in [1.165, 1.54) is 12.8 Å². The number of rotatable bonds is 4. The molecule has 0 aromatic heterocycles. The molecule has 1 fully saturated rings. The first-order chi connectivity index (χ1) is 10.2. The van der Waals surface area contributed by atoms with Gasteiger partial charge in [0.1, 0.15) is 0 Å². The highest BCUT2D eigenvalue weighted by molar-refractivity contribution is 9.10. The largest absolute Gasteiger partial charge is 0.454 e. The van der Waals surface area contributed by atoms with Crippen molar-refractivity contribution in [2.75, 3.05) is 26.4 Å². The number of fused-ring (bicyclic) bond motifs is 1. The minimum Gasteiger partial charge on any atom is -0.454 e. The summed E-state index contributed by atoms with van der Waals surface area (Å²) >= 11 is 3.40. The molecule has 3 rings (SSSR count). The number of halogens is 1. The molecule has 1 aromatic rings. The maximum atomic E-state index is 12.2. The van der Waals surface area contributed by atoms with Gasteiger partial charge < -0.3 is 20.1 Å². The monoisotopic (exact) mass is 354 g/mol. The number of benzene rings is 1. The van der Waals surface area contributed by atoms with E-state index < -0.39 is 0 Å². The van der Waals surface area contributed by atoms with Crippen molar-refractivity contribution in [3.8, 4) is 11.5 Å². The molecule has 2 aliphatic heterocycles. The van der Waals surface area contributed by atoms with Gasteiger partial charge in [-0.25, -0.2) is 0 Å². The average Bonchev–Trinajstić information content (AvgIpc) is 2.97. The molecule has 0 radical (unpaired) electrons. The van der Waals surface area contributed by atoms with Crippen molar-refractivity contribution >= 4 is 21.8 Å². The Hall–Kier alpha value is -1.27. The second kappa shape index (κ2) is 6.66. The second-order valence-electron chi connectivity index (χ2n) is 5.45. The van der Waals surface area contributed by atoms with Gasteiger partial charge in [0.05, 0.1) is 4.47 Å². The van der Waals surface area contributed by atoms with Gasteiger partial charge in [-0.15, -0.1) is 0 Å². The van der Waals surface area contributed by atoms with Crippen LogP contribution in [-0.4, -0.2) is 32.3 Å². The number of hydrogen-bond donors (Lipinski definition) is 2. The molecule has 1 saturated heterocycles. The third-order valence-corrected chi connectivity index (χ3v) is 4.52. The summed E-state index contributed by atoms with van der Waals surface area (Å²) in [7, 11) is 0. The predicted molar refractivity (Wildman–Crippen MR) is 82.8 cm³/mol. The zero-order valence-electron chi connectivity index (χ0n) is 11.8. The molecule has 1 amide bonds. The second-order valence-corrected chi connectivity index (χ2v) is 6.30. The van der Waals surface area contributed by atoms with Gasteiger partial charge in [-0.05, 0) is 66.3 Å². The summed E-state index contributed by atoms with van der Waals surface area (Å²) < 4.78 is 11.4. The molecule has 1 atom stereocenters. The summed E-state index contributed by atoms with van der Waals surface area (Å²) in [5.74, 6) is 1.88. The Bertz CT molecular complexity index is 530. The van der Waals surface area contributed by atoms with E-state index in [0.29, 0.717) is 29.5 Å². The molecular formula is C15H19BrN2O3. The topological polar surface area (TPSA) is 59.6 Å². The quantitative estimate of drug-likeness (QED) is 0.870. The fourth-order valence-corrected chi connectivity index (χ4v) is 3.32. The fraction of sp³-hybridized carbons (Fsp3) is 0.533. The number of ether oxygens (including phenoxy) is 2. The molecule has 1 unspecified atom stereocenters.